The molecule has 4 heteroatoms. The monoisotopic (exact) mass is 269 g/mol. The summed E-state index contributed by atoms with van der Waals surface area (Å²) in [6.45, 7) is 0. The minimum Gasteiger partial charge on any atom is -0.366 e. The van der Waals surface area contributed by atoms with E-state index in [0.717, 1.165) is 36.0 Å². The van der Waals surface area contributed by atoms with Crippen molar-refractivity contribution < 1.29 is 0 Å². The Morgan fingerprint density at radius 3 is 2.73 bits per heavy atom. The Morgan fingerprint density at radius 2 is 2.07 bits per heavy atom. The molecule has 3 nitrogen and oxygen atoms in total. The maximum atomic E-state index is 5.87. The number of nitrogens with zero attached hydrogens (tertiary/aromatic N) is 1. The molecule has 1 aliphatic rings. The fourth-order valence-corrected chi connectivity index (χ4v) is 2.32. The van der Waals surface area contributed by atoms with Gasteiger partial charge in [0.1, 0.15) is 5.82 Å². The van der Waals surface area contributed by atoms with E-state index >= 15 is 0 Å². The molecule has 1 heterocycles. The number of aromatic nitrogens is 1. The van der Waals surface area contributed by atoms with Gasteiger partial charge >= 0.3 is 0 Å². The third-order valence-electron chi connectivity index (χ3n) is 2.87. The Bertz CT molecular complexity index is 321. The first-order chi connectivity index (χ1) is 7.25. The van der Waals surface area contributed by atoms with Gasteiger partial charge in [0.15, 0.2) is 0 Å². The van der Waals surface area contributed by atoms with Crippen molar-refractivity contribution in [3.8, 4) is 0 Å². The van der Waals surface area contributed by atoms with E-state index in [1.165, 1.54) is 0 Å². The molecule has 1 saturated carbocycles. The zero-order chi connectivity index (χ0) is 10.7. The van der Waals surface area contributed by atoms with E-state index in [-0.39, 0.29) is 0 Å². The lowest BCUT2D eigenvalue weighted by molar-refractivity contribution is 0.410. The fraction of sp³-hybridized carbons (Fsp3) is 0.545. The highest BCUT2D eigenvalue weighted by Gasteiger charge is 2.18. The second-order valence-corrected chi connectivity index (χ2v) is 4.94. The Kier molecular flexibility index (Phi) is 3.59. The fourth-order valence-electron chi connectivity index (χ4n) is 1.95. The van der Waals surface area contributed by atoms with E-state index in [0.29, 0.717) is 12.1 Å². The first-order valence-corrected chi connectivity index (χ1v) is 6.17. The van der Waals surface area contributed by atoms with Crippen LogP contribution >= 0.6 is 15.9 Å². The van der Waals surface area contributed by atoms with E-state index in [9.17, 15) is 0 Å². The van der Waals surface area contributed by atoms with Crippen molar-refractivity contribution >= 4 is 21.7 Å². The lowest BCUT2D eigenvalue weighted by atomic mass is 9.92. The summed E-state index contributed by atoms with van der Waals surface area (Å²) in [5, 5.41) is 3.46. The smallest absolute Gasteiger partial charge is 0.140 e. The highest BCUT2D eigenvalue weighted by molar-refractivity contribution is 9.10. The van der Waals surface area contributed by atoms with Crippen molar-refractivity contribution in [3.63, 3.8) is 0 Å². The molecule has 0 spiro atoms. The van der Waals surface area contributed by atoms with E-state index in [4.69, 9.17) is 5.73 Å². The van der Waals surface area contributed by atoms with Gasteiger partial charge in [-0.1, -0.05) is 0 Å². The standard InChI is InChI=1S/C11H16BrN3/c12-10-2-1-7-14-11(10)15-9-5-3-8(13)4-6-9/h1-2,7-9H,3-6,13H2,(H,14,15). The topological polar surface area (TPSA) is 50.9 Å². The maximum Gasteiger partial charge on any atom is 0.140 e. The van der Waals surface area contributed by atoms with E-state index in [1.54, 1.807) is 0 Å². The predicted molar refractivity (Wildman–Crippen MR) is 65.8 cm³/mol. The van der Waals surface area contributed by atoms with Crippen LogP contribution in [0.25, 0.3) is 0 Å². The number of halogens is 1. The number of anilines is 1. The maximum absolute atomic E-state index is 5.87. The van der Waals surface area contributed by atoms with Gasteiger partial charge in [-0.3, -0.25) is 0 Å². The Hall–Kier alpha value is -0.610. The number of rotatable bonds is 2. The van der Waals surface area contributed by atoms with Crippen LogP contribution in [0.15, 0.2) is 22.8 Å². The number of pyridine rings is 1. The van der Waals surface area contributed by atoms with Gasteiger partial charge in [0.2, 0.25) is 0 Å². The zero-order valence-electron chi connectivity index (χ0n) is 8.62. The van der Waals surface area contributed by atoms with Gasteiger partial charge in [0, 0.05) is 18.3 Å². The van der Waals surface area contributed by atoms with Crippen LogP contribution < -0.4 is 11.1 Å². The summed E-state index contributed by atoms with van der Waals surface area (Å²) >= 11 is 3.49. The summed E-state index contributed by atoms with van der Waals surface area (Å²) in [7, 11) is 0. The summed E-state index contributed by atoms with van der Waals surface area (Å²) in [4.78, 5) is 4.30. The van der Waals surface area contributed by atoms with Crippen LogP contribution in [-0.4, -0.2) is 17.1 Å². The second-order valence-electron chi connectivity index (χ2n) is 4.09. The molecule has 0 bridgehead atoms. The molecular weight excluding hydrogens is 254 g/mol. The third kappa shape index (κ3) is 2.92. The molecule has 82 valence electrons. The summed E-state index contributed by atoms with van der Waals surface area (Å²) in [6, 6.07) is 4.85. The molecule has 0 radical (unpaired) electrons. The van der Waals surface area contributed by atoms with Crippen molar-refractivity contribution in [2.45, 2.75) is 37.8 Å². The van der Waals surface area contributed by atoms with Crippen LogP contribution in [0.1, 0.15) is 25.7 Å². The van der Waals surface area contributed by atoms with Gasteiger partial charge in [-0.05, 0) is 53.7 Å². The second kappa shape index (κ2) is 4.94. The number of hydrogen-bond acceptors (Lipinski definition) is 3. The summed E-state index contributed by atoms with van der Waals surface area (Å²) in [5.41, 5.74) is 5.87. The molecule has 0 atom stereocenters. The minimum absolute atomic E-state index is 0.398. The first kappa shape index (κ1) is 10.9. The highest BCUT2D eigenvalue weighted by atomic mass is 79.9. The Morgan fingerprint density at radius 1 is 1.33 bits per heavy atom. The number of hydrogen-bond donors (Lipinski definition) is 2. The first-order valence-electron chi connectivity index (χ1n) is 5.38. The molecule has 1 aromatic rings. The minimum atomic E-state index is 0.398. The van der Waals surface area contributed by atoms with E-state index in [1.807, 2.05) is 18.3 Å². The highest BCUT2D eigenvalue weighted by Crippen LogP contribution is 2.24. The molecule has 0 amide bonds. The lowest BCUT2D eigenvalue weighted by Crippen LogP contribution is -2.33. The van der Waals surface area contributed by atoms with Crippen molar-refractivity contribution in [2.75, 3.05) is 5.32 Å². The molecule has 0 saturated heterocycles. The van der Waals surface area contributed by atoms with Crippen LogP contribution in [0.5, 0.6) is 0 Å². The van der Waals surface area contributed by atoms with Gasteiger partial charge in [-0.15, -0.1) is 0 Å². The largest absolute Gasteiger partial charge is 0.366 e. The number of nitrogens with one attached hydrogen (secondary N) is 1. The van der Waals surface area contributed by atoms with Crippen molar-refractivity contribution in [2.24, 2.45) is 5.73 Å². The van der Waals surface area contributed by atoms with Gasteiger partial charge in [0.25, 0.3) is 0 Å². The van der Waals surface area contributed by atoms with E-state index < -0.39 is 0 Å². The van der Waals surface area contributed by atoms with Crippen molar-refractivity contribution in [1.82, 2.24) is 4.98 Å². The molecular formula is C11H16BrN3. The zero-order valence-corrected chi connectivity index (χ0v) is 10.2. The molecule has 0 aromatic carbocycles. The van der Waals surface area contributed by atoms with Crippen molar-refractivity contribution in [3.05, 3.63) is 22.8 Å². The van der Waals surface area contributed by atoms with Gasteiger partial charge in [0.05, 0.1) is 4.47 Å². The molecule has 0 unspecified atom stereocenters. The third-order valence-corrected chi connectivity index (χ3v) is 3.51. The predicted octanol–water partition coefficient (Wildman–Crippen LogP) is 2.53. The Labute approximate surface area is 98.6 Å². The van der Waals surface area contributed by atoms with Crippen LogP contribution in [-0.2, 0) is 0 Å². The van der Waals surface area contributed by atoms with E-state index in [2.05, 4.69) is 26.2 Å². The van der Waals surface area contributed by atoms with Crippen LogP contribution in [0.4, 0.5) is 5.82 Å². The number of nitrogens with two attached hydrogens (primary N) is 1. The lowest BCUT2D eigenvalue weighted by Gasteiger charge is -2.27. The van der Waals surface area contributed by atoms with Gasteiger partial charge in [-0.25, -0.2) is 4.98 Å². The molecule has 3 N–H and O–H groups in total. The summed E-state index contributed by atoms with van der Waals surface area (Å²) in [5.74, 6) is 0.943. The quantitative estimate of drug-likeness (QED) is 0.868. The average Bonchev–Trinajstić information content (AvgIpc) is 2.25. The van der Waals surface area contributed by atoms with Gasteiger partial charge < -0.3 is 11.1 Å². The molecule has 1 aromatic heterocycles. The molecule has 1 aliphatic carbocycles. The Balaban J connectivity index is 1.95. The molecule has 15 heavy (non-hydrogen) atoms. The van der Waals surface area contributed by atoms with Crippen LogP contribution in [0.3, 0.4) is 0 Å². The average molecular weight is 270 g/mol. The van der Waals surface area contributed by atoms with Crippen molar-refractivity contribution in [1.29, 1.82) is 0 Å². The SMILES string of the molecule is NC1CCC(Nc2ncccc2Br)CC1. The summed E-state index contributed by atoms with van der Waals surface area (Å²) in [6.07, 6.45) is 6.32. The molecule has 2 rings (SSSR count). The van der Waals surface area contributed by atoms with Crippen LogP contribution in [0.2, 0.25) is 0 Å². The normalized spacial score (nSPS) is 26.3. The molecule has 1 fully saturated rings. The van der Waals surface area contributed by atoms with Crippen LogP contribution in [0, 0.1) is 0 Å². The summed E-state index contributed by atoms with van der Waals surface area (Å²) < 4.78 is 1.03. The van der Waals surface area contributed by atoms with Gasteiger partial charge in [-0.2, -0.15) is 0 Å². The molecule has 0 aliphatic heterocycles.